The molecule has 0 saturated heterocycles. The second-order valence-corrected chi connectivity index (χ2v) is 6.07. The summed E-state index contributed by atoms with van der Waals surface area (Å²) < 4.78 is 10.8. The Morgan fingerprint density at radius 2 is 1.92 bits per heavy atom. The molecule has 1 N–H and O–H groups in total. The van der Waals surface area contributed by atoms with Gasteiger partial charge in [-0.1, -0.05) is 55.4 Å². The lowest BCUT2D eigenvalue weighted by Crippen LogP contribution is -2.02. The van der Waals surface area contributed by atoms with Gasteiger partial charge in [0.2, 0.25) is 0 Å². The van der Waals surface area contributed by atoms with Gasteiger partial charge in [0.05, 0.1) is 5.56 Å². The molecule has 1 aromatic heterocycles. The van der Waals surface area contributed by atoms with Crippen molar-refractivity contribution in [3.05, 3.63) is 71.6 Å². The molecule has 3 aromatic rings. The van der Waals surface area contributed by atoms with Crippen LogP contribution in [0, 0.1) is 0 Å². The Kier molecular flexibility index (Phi) is 4.84. The zero-order valence-corrected chi connectivity index (χ0v) is 14.1. The Bertz CT molecular complexity index is 868. The van der Waals surface area contributed by atoms with Crippen LogP contribution in [-0.2, 0) is 6.61 Å². The molecule has 0 fully saturated rings. The van der Waals surface area contributed by atoms with E-state index < -0.39 is 5.97 Å². The Morgan fingerprint density at radius 3 is 2.60 bits per heavy atom. The van der Waals surface area contributed by atoms with E-state index >= 15 is 0 Å². The summed E-state index contributed by atoms with van der Waals surface area (Å²) in [5.41, 5.74) is 3.08. The normalized spacial score (nSPS) is 10.8. The van der Waals surface area contributed by atoms with E-state index in [1.165, 1.54) is 6.26 Å². The Balaban J connectivity index is 1.99. The number of rotatable bonds is 6. The third-order valence-electron chi connectivity index (χ3n) is 3.97. The van der Waals surface area contributed by atoms with Crippen LogP contribution in [0.1, 0.15) is 41.4 Å². The quantitative estimate of drug-likeness (QED) is 0.703. The van der Waals surface area contributed by atoms with E-state index in [-0.39, 0.29) is 5.69 Å². The minimum absolute atomic E-state index is 0.120. The van der Waals surface area contributed by atoms with Crippen LogP contribution in [0.3, 0.4) is 0 Å². The second-order valence-electron chi connectivity index (χ2n) is 6.07. The molecule has 0 saturated carbocycles. The first kappa shape index (κ1) is 16.8. The molecule has 5 nitrogen and oxygen atoms in total. The maximum Gasteiger partial charge on any atom is 0.358 e. The third-order valence-corrected chi connectivity index (χ3v) is 3.97. The van der Waals surface area contributed by atoms with Crippen LogP contribution in [0.25, 0.3) is 11.1 Å². The number of nitrogens with zero attached hydrogens (tertiary/aromatic N) is 1. The summed E-state index contributed by atoms with van der Waals surface area (Å²) in [7, 11) is 0. The van der Waals surface area contributed by atoms with Gasteiger partial charge < -0.3 is 14.4 Å². The fourth-order valence-corrected chi connectivity index (χ4v) is 2.56. The van der Waals surface area contributed by atoms with Gasteiger partial charge in [-0.15, -0.1) is 0 Å². The number of aromatic carboxylic acids is 1. The maximum absolute atomic E-state index is 11.4. The van der Waals surface area contributed by atoms with Gasteiger partial charge in [0.1, 0.15) is 18.6 Å². The van der Waals surface area contributed by atoms with Gasteiger partial charge in [-0.2, -0.15) is 0 Å². The van der Waals surface area contributed by atoms with Crippen LogP contribution in [-0.4, -0.2) is 16.2 Å². The number of aromatic nitrogens is 1. The van der Waals surface area contributed by atoms with E-state index in [4.69, 9.17) is 9.26 Å². The summed E-state index contributed by atoms with van der Waals surface area (Å²) in [6.45, 7) is 4.55. The number of carboxylic acid groups (broad SMARTS) is 1. The fraction of sp³-hybridized carbons (Fsp3) is 0.200. The first-order valence-corrected chi connectivity index (χ1v) is 8.05. The van der Waals surface area contributed by atoms with Crippen molar-refractivity contribution in [2.24, 2.45) is 0 Å². The summed E-state index contributed by atoms with van der Waals surface area (Å²) in [6, 6.07) is 15.6. The van der Waals surface area contributed by atoms with Crippen molar-refractivity contribution in [1.82, 2.24) is 5.16 Å². The smallest absolute Gasteiger partial charge is 0.358 e. The van der Waals surface area contributed by atoms with Crippen LogP contribution in [0.2, 0.25) is 0 Å². The molecular weight excluding hydrogens is 318 g/mol. The average Bonchev–Trinajstić information content (AvgIpc) is 3.10. The van der Waals surface area contributed by atoms with E-state index in [0.717, 1.165) is 11.1 Å². The molecular formula is C20H19NO4. The monoisotopic (exact) mass is 337 g/mol. The molecule has 0 amide bonds. The predicted molar refractivity (Wildman–Crippen MR) is 93.8 cm³/mol. The number of hydrogen-bond donors (Lipinski definition) is 1. The Hall–Kier alpha value is -3.08. The minimum atomic E-state index is -1.13. The summed E-state index contributed by atoms with van der Waals surface area (Å²) >= 11 is 0. The molecule has 0 bridgehead atoms. The highest BCUT2D eigenvalue weighted by Gasteiger charge is 2.20. The number of ether oxygens (including phenoxy) is 1. The summed E-state index contributed by atoms with van der Waals surface area (Å²) in [4.78, 5) is 11.4. The van der Waals surface area contributed by atoms with Crippen LogP contribution >= 0.6 is 0 Å². The third kappa shape index (κ3) is 3.71. The molecule has 0 atom stereocenters. The molecule has 3 rings (SSSR count). The lowest BCUT2D eigenvalue weighted by atomic mass is 9.97. The molecule has 0 spiro atoms. The van der Waals surface area contributed by atoms with Gasteiger partial charge in [-0.25, -0.2) is 4.79 Å². The number of carboxylic acids is 1. The highest BCUT2D eigenvalue weighted by molar-refractivity contribution is 5.94. The van der Waals surface area contributed by atoms with Crippen molar-refractivity contribution in [3.63, 3.8) is 0 Å². The Morgan fingerprint density at radius 1 is 1.16 bits per heavy atom. The molecule has 0 aliphatic carbocycles. The van der Waals surface area contributed by atoms with E-state index in [1.807, 2.05) is 48.5 Å². The second kappa shape index (κ2) is 7.21. The largest absolute Gasteiger partial charge is 0.488 e. The lowest BCUT2D eigenvalue weighted by Gasteiger charge is -2.14. The van der Waals surface area contributed by atoms with Gasteiger partial charge in [-0.3, -0.25) is 0 Å². The van der Waals surface area contributed by atoms with E-state index in [9.17, 15) is 9.90 Å². The highest BCUT2D eigenvalue weighted by Crippen LogP contribution is 2.35. The van der Waals surface area contributed by atoms with Gasteiger partial charge >= 0.3 is 5.97 Å². The number of hydrogen-bond acceptors (Lipinski definition) is 4. The molecule has 0 aliphatic rings. The van der Waals surface area contributed by atoms with E-state index in [2.05, 4.69) is 19.0 Å². The Labute approximate surface area is 145 Å². The van der Waals surface area contributed by atoms with Gasteiger partial charge in [-0.05, 0) is 29.2 Å². The molecule has 0 radical (unpaired) electrons. The molecule has 25 heavy (non-hydrogen) atoms. The van der Waals surface area contributed by atoms with E-state index in [1.54, 1.807) is 0 Å². The summed E-state index contributed by atoms with van der Waals surface area (Å²) in [6.07, 6.45) is 1.35. The highest BCUT2D eigenvalue weighted by atomic mass is 16.5. The molecule has 0 unspecified atom stereocenters. The zero-order chi connectivity index (χ0) is 17.8. The molecule has 5 heteroatoms. The van der Waals surface area contributed by atoms with Crippen LogP contribution in [0.15, 0.2) is 59.3 Å². The number of carbonyl (C=O) groups is 1. The fourth-order valence-electron chi connectivity index (χ4n) is 2.56. The maximum atomic E-state index is 11.4. The molecule has 0 aliphatic heterocycles. The van der Waals surface area contributed by atoms with Crippen molar-refractivity contribution in [2.75, 3.05) is 0 Å². The summed E-state index contributed by atoms with van der Waals surface area (Å²) in [5, 5.41) is 12.9. The lowest BCUT2D eigenvalue weighted by molar-refractivity contribution is 0.0686. The van der Waals surface area contributed by atoms with Crippen LogP contribution < -0.4 is 4.74 Å². The number of benzene rings is 2. The molecule has 2 aromatic carbocycles. The topological polar surface area (TPSA) is 72.6 Å². The van der Waals surface area contributed by atoms with Crippen molar-refractivity contribution in [3.8, 4) is 16.9 Å². The first-order valence-electron chi connectivity index (χ1n) is 8.05. The summed E-state index contributed by atoms with van der Waals surface area (Å²) in [5.74, 6) is -0.235. The first-order chi connectivity index (χ1) is 12.1. The van der Waals surface area contributed by atoms with Gasteiger partial charge in [0.25, 0.3) is 0 Å². The standard InChI is InChI=1S/C20H19NO4/c1-13(2)15-8-9-18(24-11-14-6-4-3-5-7-14)16(10-15)17-12-25-21-19(17)20(22)23/h3-10,12-13H,11H2,1-2H3,(H,22,23). The minimum Gasteiger partial charge on any atom is -0.488 e. The molecule has 128 valence electrons. The molecule has 1 heterocycles. The van der Waals surface area contributed by atoms with Gasteiger partial charge in [0, 0.05) is 5.56 Å². The SMILES string of the molecule is CC(C)c1ccc(OCc2ccccc2)c(-c2conc2C(=O)O)c1. The van der Waals surface area contributed by atoms with Crippen molar-refractivity contribution >= 4 is 5.97 Å². The van der Waals surface area contributed by atoms with Crippen molar-refractivity contribution in [1.29, 1.82) is 0 Å². The van der Waals surface area contributed by atoms with Gasteiger partial charge in [0.15, 0.2) is 5.69 Å². The van der Waals surface area contributed by atoms with Crippen LogP contribution in [0.4, 0.5) is 0 Å². The van der Waals surface area contributed by atoms with E-state index in [0.29, 0.717) is 29.4 Å². The van der Waals surface area contributed by atoms with Crippen molar-refractivity contribution in [2.45, 2.75) is 26.4 Å². The van der Waals surface area contributed by atoms with Crippen LogP contribution in [0.5, 0.6) is 5.75 Å². The predicted octanol–water partition coefficient (Wildman–Crippen LogP) is 4.74. The average molecular weight is 337 g/mol. The zero-order valence-electron chi connectivity index (χ0n) is 14.1. The van der Waals surface area contributed by atoms with Crippen molar-refractivity contribution < 1.29 is 19.2 Å².